The molecule has 1 aromatic heterocycles. The molecule has 0 fully saturated rings. The van der Waals surface area contributed by atoms with Gasteiger partial charge >= 0.3 is 6.36 Å². The van der Waals surface area contributed by atoms with E-state index in [1.807, 2.05) is 0 Å². The van der Waals surface area contributed by atoms with E-state index in [0.717, 1.165) is 13.2 Å². The van der Waals surface area contributed by atoms with Crippen molar-refractivity contribution >= 4 is 11.6 Å². The van der Waals surface area contributed by atoms with E-state index in [0.29, 0.717) is 0 Å². The third kappa shape index (κ3) is 3.59. The molecule has 0 bridgehead atoms. The van der Waals surface area contributed by atoms with Crippen molar-refractivity contribution in [2.45, 2.75) is 18.7 Å². The first-order valence-corrected chi connectivity index (χ1v) is 4.99. The normalized spacial score (nSPS) is 11.8. The average molecular weight is 292 g/mol. The largest absolute Gasteiger partial charge is 0.574 e. The fraction of sp³-hybridized carbons (Fsp3) is 0.444. The molecule has 1 heterocycles. The van der Waals surface area contributed by atoms with E-state index in [2.05, 4.69) is 14.5 Å². The summed E-state index contributed by atoms with van der Waals surface area (Å²) < 4.78 is 69.3. The molecule has 0 aliphatic carbocycles. The molecule has 3 nitrogen and oxygen atoms in total. The molecule has 1 rings (SSSR count). The molecule has 18 heavy (non-hydrogen) atoms. The van der Waals surface area contributed by atoms with Gasteiger partial charge in [0.2, 0.25) is 11.8 Å². The minimum Gasteiger partial charge on any atom is -0.481 e. The Labute approximate surface area is 103 Å². The Morgan fingerprint density at radius 3 is 2.33 bits per heavy atom. The van der Waals surface area contributed by atoms with E-state index in [9.17, 15) is 22.0 Å². The maximum Gasteiger partial charge on any atom is 0.574 e. The van der Waals surface area contributed by atoms with Gasteiger partial charge in [-0.3, -0.25) is 0 Å². The lowest BCUT2D eigenvalue weighted by Gasteiger charge is -2.14. The van der Waals surface area contributed by atoms with Gasteiger partial charge in [0, 0.05) is 5.56 Å². The Balaban J connectivity index is 3.29. The van der Waals surface area contributed by atoms with Gasteiger partial charge in [0.05, 0.1) is 18.6 Å². The molecule has 0 atom stereocenters. The molecular formula is C9H7ClF5NO2. The maximum atomic E-state index is 12.6. The Kier molecular flexibility index (Phi) is 4.55. The molecule has 9 heteroatoms. The van der Waals surface area contributed by atoms with Gasteiger partial charge in [-0.25, -0.2) is 8.78 Å². The van der Waals surface area contributed by atoms with Crippen molar-refractivity contribution < 1.29 is 31.4 Å². The number of ether oxygens (including phenoxy) is 2. The predicted octanol–water partition coefficient (Wildman–Crippen LogP) is 3.67. The van der Waals surface area contributed by atoms with Crippen LogP contribution in [0.5, 0.6) is 11.8 Å². The molecule has 0 saturated heterocycles. The standard InChI is InChI=1S/C9H7ClF5NO2/c1-17-7-4(3-10)2-5(6(11)12)8(16-7)18-9(13,14)15/h2,6H,3H2,1H3. The second-order valence-corrected chi connectivity index (χ2v) is 3.30. The molecule has 0 N–H and O–H groups in total. The molecule has 0 aromatic carbocycles. The minimum atomic E-state index is -5.12. The number of methoxy groups -OCH3 is 1. The van der Waals surface area contributed by atoms with Gasteiger partial charge in [0.1, 0.15) is 0 Å². The monoisotopic (exact) mass is 291 g/mol. The second kappa shape index (κ2) is 5.55. The third-order valence-electron chi connectivity index (χ3n) is 1.84. The second-order valence-electron chi connectivity index (χ2n) is 3.03. The minimum absolute atomic E-state index is 0.0454. The van der Waals surface area contributed by atoms with Crippen LogP contribution in [0.3, 0.4) is 0 Å². The number of alkyl halides is 6. The van der Waals surface area contributed by atoms with E-state index in [1.54, 1.807) is 0 Å². The third-order valence-corrected chi connectivity index (χ3v) is 2.13. The Hall–Kier alpha value is -1.31. The predicted molar refractivity (Wildman–Crippen MR) is 52.0 cm³/mol. The number of hydrogen-bond donors (Lipinski definition) is 0. The van der Waals surface area contributed by atoms with Gasteiger partial charge in [0.15, 0.2) is 0 Å². The van der Waals surface area contributed by atoms with Crippen molar-refractivity contribution in [2.75, 3.05) is 7.11 Å². The highest BCUT2D eigenvalue weighted by molar-refractivity contribution is 6.17. The molecule has 0 radical (unpaired) electrons. The summed E-state index contributed by atoms with van der Waals surface area (Å²) in [5.74, 6) is -1.78. The SMILES string of the molecule is COc1nc(OC(F)(F)F)c(C(F)F)cc1CCl. The van der Waals surface area contributed by atoms with Crippen molar-refractivity contribution in [3.8, 4) is 11.8 Å². The first kappa shape index (κ1) is 14.7. The molecule has 1 aromatic rings. The maximum absolute atomic E-state index is 12.6. The van der Waals surface area contributed by atoms with Gasteiger partial charge in [-0.15, -0.1) is 24.8 Å². The van der Waals surface area contributed by atoms with Crippen LogP contribution in [0.4, 0.5) is 22.0 Å². The average Bonchev–Trinajstić information content (AvgIpc) is 2.25. The molecule has 0 amide bonds. The molecular weight excluding hydrogens is 285 g/mol. The van der Waals surface area contributed by atoms with Crippen LogP contribution in [-0.4, -0.2) is 18.5 Å². The zero-order valence-electron chi connectivity index (χ0n) is 8.89. The molecule has 0 aliphatic heterocycles. The zero-order valence-corrected chi connectivity index (χ0v) is 9.65. The van der Waals surface area contributed by atoms with Crippen LogP contribution >= 0.6 is 11.6 Å². The van der Waals surface area contributed by atoms with E-state index in [-0.39, 0.29) is 17.3 Å². The molecule has 0 unspecified atom stereocenters. The number of halogens is 6. The highest BCUT2D eigenvalue weighted by Crippen LogP contribution is 2.35. The van der Waals surface area contributed by atoms with Crippen LogP contribution < -0.4 is 9.47 Å². The summed E-state index contributed by atoms with van der Waals surface area (Å²) in [7, 11) is 1.12. The van der Waals surface area contributed by atoms with Gasteiger partial charge in [-0.2, -0.15) is 4.98 Å². The van der Waals surface area contributed by atoms with Crippen molar-refractivity contribution in [1.29, 1.82) is 0 Å². The van der Waals surface area contributed by atoms with Crippen LogP contribution in [-0.2, 0) is 5.88 Å². The number of nitrogens with zero attached hydrogens (tertiary/aromatic N) is 1. The van der Waals surface area contributed by atoms with Crippen LogP contribution in [0.1, 0.15) is 17.6 Å². The summed E-state index contributed by atoms with van der Waals surface area (Å²) in [6.45, 7) is 0. The highest BCUT2D eigenvalue weighted by atomic mass is 35.5. The highest BCUT2D eigenvalue weighted by Gasteiger charge is 2.35. The molecule has 102 valence electrons. The summed E-state index contributed by atoms with van der Waals surface area (Å²) in [5, 5.41) is 0. The zero-order chi connectivity index (χ0) is 13.9. The van der Waals surface area contributed by atoms with Crippen LogP contribution in [0.25, 0.3) is 0 Å². The Bertz CT molecular complexity index is 424. The lowest BCUT2D eigenvalue weighted by molar-refractivity contribution is -0.276. The lowest BCUT2D eigenvalue weighted by Crippen LogP contribution is -2.19. The number of aromatic nitrogens is 1. The van der Waals surface area contributed by atoms with Crippen molar-refractivity contribution in [1.82, 2.24) is 4.98 Å². The van der Waals surface area contributed by atoms with Gasteiger partial charge in [-0.1, -0.05) is 0 Å². The molecule has 0 saturated carbocycles. The summed E-state index contributed by atoms with van der Waals surface area (Å²) in [4.78, 5) is 3.24. The van der Waals surface area contributed by atoms with E-state index in [1.165, 1.54) is 0 Å². The molecule has 0 spiro atoms. The first-order chi connectivity index (χ1) is 8.28. The summed E-state index contributed by atoms with van der Waals surface area (Å²) in [6.07, 6.45) is -8.30. The summed E-state index contributed by atoms with van der Waals surface area (Å²) in [5.41, 5.74) is -0.951. The topological polar surface area (TPSA) is 31.4 Å². The fourth-order valence-corrected chi connectivity index (χ4v) is 1.35. The van der Waals surface area contributed by atoms with E-state index < -0.39 is 24.2 Å². The van der Waals surface area contributed by atoms with Crippen LogP contribution in [0, 0.1) is 0 Å². The quantitative estimate of drug-likeness (QED) is 0.626. The smallest absolute Gasteiger partial charge is 0.481 e. The summed E-state index contributed by atoms with van der Waals surface area (Å²) >= 11 is 5.44. The van der Waals surface area contributed by atoms with E-state index in [4.69, 9.17) is 11.6 Å². The van der Waals surface area contributed by atoms with Crippen molar-refractivity contribution in [3.05, 3.63) is 17.2 Å². The number of hydrogen-bond acceptors (Lipinski definition) is 3. The van der Waals surface area contributed by atoms with E-state index >= 15 is 0 Å². The lowest BCUT2D eigenvalue weighted by atomic mass is 10.2. The van der Waals surface area contributed by atoms with Crippen molar-refractivity contribution in [3.63, 3.8) is 0 Å². The van der Waals surface area contributed by atoms with Gasteiger partial charge in [-0.05, 0) is 6.07 Å². The van der Waals surface area contributed by atoms with Crippen LogP contribution in [0.2, 0.25) is 0 Å². The van der Waals surface area contributed by atoms with Gasteiger partial charge in [0.25, 0.3) is 6.43 Å². The summed E-state index contributed by atoms with van der Waals surface area (Å²) in [6, 6.07) is 0.768. The number of pyridine rings is 1. The van der Waals surface area contributed by atoms with Gasteiger partial charge < -0.3 is 9.47 Å². The van der Waals surface area contributed by atoms with Crippen LogP contribution in [0.15, 0.2) is 6.07 Å². The Morgan fingerprint density at radius 1 is 1.33 bits per heavy atom. The first-order valence-electron chi connectivity index (χ1n) is 4.46. The Morgan fingerprint density at radius 2 is 1.94 bits per heavy atom. The number of rotatable bonds is 4. The molecule has 0 aliphatic rings. The van der Waals surface area contributed by atoms with Crippen molar-refractivity contribution in [2.24, 2.45) is 0 Å². The fourth-order valence-electron chi connectivity index (χ4n) is 1.16.